The topological polar surface area (TPSA) is 43.8 Å². The first-order valence-corrected chi connectivity index (χ1v) is 4.59. The number of hydrogen-bond acceptors (Lipinski definition) is 3. The highest BCUT2D eigenvalue weighted by molar-refractivity contribution is 7.71. The van der Waals surface area contributed by atoms with Gasteiger partial charge in [-0.2, -0.15) is 0 Å². The summed E-state index contributed by atoms with van der Waals surface area (Å²) < 4.78 is 2.28. The van der Waals surface area contributed by atoms with E-state index in [1.807, 2.05) is 41.1 Å². The van der Waals surface area contributed by atoms with E-state index >= 15 is 0 Å². The molecule has 70 valence electrons. The molecule has 0 aliphatic rings. The van der Waals surface area contributed by atoms with E-state index in [-0.39, 0.29) is 0 Å². The summed E-state index contributed by atoms with van der Waals surface area (Å²) in [6.07, 6.45) is 1.82. The standard InChI is InChI=1S/C10H9N3S/c11-9-6-7-13(10(14)12-9)8-4-2-1-3-5-8/h1-7H,(H2,11,12,14). The van der Waals surface area contributed by atoms with E-state index in [0.717, 1.165) is 5.69 Å². The summed E-state index contributed by atoms with van der Waals surface area (Å²) in [5, 5.41) is 0. The molecular weight excluding hydrogens is 194 g/mol. The monoisotopic (exact) mass is 203 g/mol. The zero-order valence-corrected chi connectivity index (χ0v) is 8.24. The zero-order valence-electron chi connectivity index (χ0n) is 7.42. The molecule has 0 aliphatic carbocycles. The van der Waals surface area contributed by atoms with E-state index < -0.39 is 0 Å². The van der Waals surface area contributed by atoms with Crippen molar-refractivity contribution in [2.75, 3.05) is 5.73 Å². The largest absolute Gasteiger partial charge is 0.384 e. The average molecular weight is 203 g/mol. The van der Waals surface area contributed by atoms with Crippen molar-refractivity contribution in [2.45, 2.75) is 0 Å². The van der Waals surface area contributed by atoms with Crippen LogP contribution in [0.2, 0.25) is 0 Å². The molecule has 0 spiro atoms. The van der Waals surface area contributed by atoms with Gasteiger partial charge in [0.15, 0.2) is 0 Å². The van der Waals surface area contributed by atoms with Gasteiger partial charge in [-0.1, -0.05) is 18.2 Å². The van der Waals surface area contributed by atoms with Crippen LogP contribution in [0.3, 0.4) is 0 Å². The molecule has 0 atom stereocenters. The number of rotatable bonds is 1. The summed E-state index contributed by atoms with van der Waals surface area (Å²) in [6.45, 7) is 0. The van der Waals surface area contributed by atoms with Crippen LogP contribution in [0.4, 0.5) is 5.82 Å². The van der Waals surface area contributed by atoms with E-state index in [1.165, 1.54) is 0 Å². The van der Waals surface area contributed by atoms with Crippen LogP contribution in [-0.2, 0) is 0 Å². The van der Waals surface area contributed by atoms with Gasteiger partial charge in [0.25, 0.3) is 0 Å². The molecular formula is C10H9N3S. The van der Waals surface area contributed by atoms with Crippen LogP contribution < -0.4 is 5.73 Å². The van der Waals surface area contributed by atoms with Crippen LogP contribution in [0.25, 0.3) is 5.69 Å². The minimum absolute atomic E-state index is 0.446. The Hall–Kier alpha value is -1.68. The van der Waals surface area contributed by atoms with Crippen molar-refractivity contribution in [1.82, 2.24) is 9.55 Å². The van der Waals surface area contributed by atoms with Crippen LogP contribution >= 0.6 is 12.2 Å². The Bertz CT molecular complexity index is 490. The number of benzene rings is 1. The summed E-state index contributed by atoms with van der Waals surface area (Å²) >= 11 is 5.09. The lowest BCUT2D eigenvalue weighted by Crippen LogP contribution is -2.00. The number of anilines is 1. The summed E-state index contributed by atoms with van der Waals surface area (Å²) in [7, 11) is 0. The highest BCUT2D eigenvalue weighted by Crippen LogP contribution is 2.08. The fourth-order valence-corrected chi connectivity index (χ4v) is 1.47. The van der Waals surface area contributed by atoms with E-state index in [9.17, 15) is 0 Å². The maximum absolute atomic E-state index is 5.51. The van der Waals surface area contributed by atoms with Gasteiger partial charge >= 0.3 is 0 Å². The van der Waals surface area contributed by atoms with Gasteiger partial charge in [0.2, 0.25) is 4.77 Å². The van der Waals surface area contributed by atoms with Crippen LogP contribution in [0.15, 0.2) is 42.6 Å². The number of hydrogen-bond donors (Lipinski definition) is 1. The smallest absolute Gasteiger partial charge is 0.206 e. The van der Waals surface area contributed by atoms with Crippen LogP contribution in [0.5, 0.6) is 0 Å². The summed E-state index contributed by atoms with van der Waals surface area (Å²) in [5.74, 6) is 0.446. The Morgan fingerprint density at radius 2 is 1.86 bits per heavy atom. The molecule has 14 heavy (non-hydrogen) atoms. The van der Waals surface area contributed by atoms with Crippen LogP contribution in [-0.4, -0.2) is 9.55 Å². The van der Waals surface area contributed by atoms with E-state index in [2.05, 4.69) is 4.98 Å². The second kappa shape index (κ2) is 3.59. The highest BCUT2D eigenvalue weighted by atomic mass is 32.1. The first-order chi connectivity index (χ1) is 6.77. The number of para-hydroxylation sites is 1. The molecule has 1 heterocycles. The van der Waals surface area contributed by atoms with Gasteiger partial charge in [-0.25, -0.2) is 4.98 Å². The number of nitrogens with two attached hydrogens (primary N) is 1. The second-order valence-electron chi connectivity index (χ2n) is 2.84. The molecule has 0 aliphatic heterocycles. The van der Waals surface area contributed by atoms with Gasteiger partial charge in [-0.3, -0.25) is 4.57 Å². The molecule has 2 aromatic rings. The maximum atomic E-state index is 5.51. The first kappa shape index (κ1) is 8.90. The Balaban J connectivity index is 2.59. The fourth-order valence-electron chi connectivity index (χ4n) is 1.20. The lowest BCUT2D eigenvalue weighted by molar-refractivity contribution is 0.962. The molecule has 1 aromatic carbocycles. The first-order valence-electron chi connectivity index (χ1n) is 4.18. The third-order valence-electron chi connectivity index (χ3n) is 1.86. The van der Waals surface area contributed by atoms with Crippen molar-refractivity contribution < 1.29 is 0 Å². The second-order valence-corrected chi connectivity index (χ2v) is 3.21. The molecule has 0 radical (unpaired) electrons. The van der Waals surface area contributed by atoms with Crippen molar-refractivity contribution >= 4 is 18.0 Å². The molecule has 0 fully saturated rings. The lowest BCUT2D eigenvalue weighted by atomic mass is 10.3. The van der Waals surface area contributed by atoms with Crippen molar-refractivity contribution in [3.8, 4) is 5.69 Å². The lowest BCUT2D eigenvalue weighted by Gasteiger charge is -2.05. The van der Waals surface area contributed by atoms with E-state index in [4.69, 9.17) is 18.0 Å². The molecule has 3 nitrogen and oxygen atoms in total. The molecule has 0 saturated heterocycles. The molecule has 4 heteroatoms. The predicted octanol–water partition coefficient (Wildman–Crippen LogP) is 2.18. The van der Waals surface area contributed by atoms with Crippen LogP contribution in [0.1, 0.15) is 0 Å². The molecule has 2 rings (SSSR count). The number of nitrogens with zero attached hydrogens (tertiary/aromatic N) is 2. The Labute approximate surface area is 86.8 Å². The summed E-state index contributed by atoms with van der Waals surface area (Å²) in [5.41, 5.74) is 6.51. The normalized spacial score (nSPS) is 10.0. The Morgan fingerprint density at radius 3 is 2.50 bits per heavy atom. The van der Waals surface area contributed by atoms with Crippen molar-refractivity contribution in [2.24, 2.45) is 0 Å². The zero-order chi connectivity index (χ0) is 9.97. The SMILES string of the molecule is Nc1ccn(-c2ccccc2)c(=S)n1. The molecule has 0 bridgehead atoms. The quantitative estimate of drug-likeness (QED) is 0.722. The molecule has 0 amide bonds. The van der Waals surface area contributed by atoms with Crippen molar-refractivity contribution in [3.05, 3.63) is 47.4 Å². The van der Waals surface area contributed by atoms with Crippen molar-refractivity contribution in [1.29, 1.82) is 0 Å². The number of nitrogen functional groups attached to an aromatic ring is 1. The fraction of sp³-hybridized carbons (Fsp3) is 0. The van der Waals surface area contributed by atoms with Gasteiger partial charge in [0.05, 0.1) is 0 Å². The van der Waals surface area contributed by atoms with Gasteiger partial charge < -0.3 is 5.73 Å². The van der Waals surface area contributed by atoms with Crippen molar-refractivity contribution in [3.63, 3.8) is 0 Å². The third-order valence-corrected chi connectivity index (χ3v) is 2.15. The number of aromatic nitrogens is 2. The molecule has 1 aromatic heterocycles. The van der Waals surface area contributed by atoms with E-state index in [1.54, 1.807) is 6.07 Å². The van der Waals surface area contributed by atoms with E-state index in [0.29, 0.717) is 10.6 Å². The minimum Gasteiger partial charge on any atom is -0.384 e. The maximum Gasteiger partial charge on any atom is 0.206 e. The van der Waals surface area contributed by atoms with Gasteiger partial charge in [0.1, 0.15) is 5.82 Å². The minimum atomic E-state index is 0.446. The predicted molar refractivity (Wildman–Crippen MR) is 58.8 cm³/mol. The summed E-state index contributed by atoms with van der Waals surface area (Å²) in [6, 6.07) is 11.5. The molecule has 0 unspecified atom stereocenters. The van der Waals surface area contributed by atoms with Crippen LogP contribution in [0, 0.1) is 4.77 Å². The average Bonchev–Trinajstić information content (AvgIpc) is 2.19. The van der Waals surface area contributed by atoms with Gasteiger partial charge in [-0.05, 0) is 30.4 Å². The Kier molecular flexibility index (Phi) is 2.28. The Morgan fingerprint density at radius 1 is 1.14 bits per heavy atom. The third kappa shape index (κ3) is 1.65. The summed E-state index contributed by atoms with van der Waals surface area (Å²) in [4.78, 5) is 4.01. The van der Waals surface area contributed by atoms with Gasteiger partial charge in [-0.15, -0.1) is 0 Å². The van der Waals surface area contributed by atoms with Gasteiger partial charge in [0, 0.05) is 11.9 Å². The highest BCUT2D eigenvalue weighted by Gasteiger charge is 1.96. The molecule has 0 saturated carbocycles. The molecule has 2 N–H and O–H groups in total.